The monoisotopic (exact) mass is 323 g/mol. The van der Waals surface area contributed by atoms with Crippen molar-refractivity contribution in [2.24, 2.45) is 29.6 Å². The molecule has 4 heteroatoms. The van der Waals surface area contributed by atoms with E-state index in [4.69, 9.17) is 0 Å². The summed E-state index contributed by atoms with van der Waals surface area (Å²) in [5.41, 5.74) is 0.676. The van der Waals surface area contributed by atoms with Crippen LogP contribution in [0.25, 0.3) is 0 Å². The van der Waals surface area contributed by atoms with Crippen LogP contribution in [-0.4, -0.2) is 5.91 Å². The first-order chi connectivity index (χ1) is 9.15. The Bertz CT molecular complexity index is 545. The number of nitrogens with one attached hydrogen (secondary N) is 1. The van der Waals surface area contributed by atoms with Gasteiger partial charge in [-0.15, -0.1) is 0 Å². The lowest BCUT2D eigenvalue weighted by Gasteiger charge is -2.10. The van der Waals surface area contributed by atoms with E-state index in [1.807, 2.05) is 0 Å². The third-order valence-electron chi connectivity index (χ3n) is 5.23. The molecule has 0 spiro atoms. The fourth-order valence-corrected chi connectivity index (χ4v) is 4.85. The number of hydrogen-bond acceptors (Lipinski definition) is 1. The van der Waals surface area contributed by atoms with Crippen LogP contribution in [0.1, 0.15) is 19.3 Å². The number of halogens is 2. The summed E-state index contributed by atoms with van der Waals surface area (Å²) in [6.45, 7) is 0. The molecule has 0 aliphatic heterocycles. The number of amides is 1. The summed E-state index contributed by atoms with van der Waals surface area (Å²) in [5.74, 6) is 2.92. The smallest absolute Gasteiger partial charge is 0.228 e. The molecule has 1 aromatic carbocycles. The van der Waals surface area contributed by atoms with Gasteiger partial charge in [0.1, 0.15) is 5.82 Å². The second-order valence-corrected chi connectivity index (χ2v) is 6.99. The van der Waals surface area contributed by atoms with Gasteiger partial charge in [-0.1, -0.05) is 0 Å². The largest absolute Gasteiger partial charge is 0.326 e. The van der Waals surface area contributed by atoms with Gasteiger partial charge < -0.3 is 5.32 Å². The van der Waals surface area contributed by atoms with Gasteiger partial charge >= 0.3 is 0 Å². The highest BCUT2D eigenvalue weighted by Gasteiger charge is 2.67. The van der Waals surface area contributed by atoms with Gasteiger partial charge in [0, 0.05) is 11.6 Å². The first kappa shape index (κ1) is 11.9. The molecule has 4 unspecified atom stereocenters. The third-order valence-corrected chi connectivity index (χ3v) is 5.83. The van der Waals surface area contributed by atoms with Crippen molar-refractivity contribution in [1.29, 1.82) is 0 Å². The molecule has 0 aromatic heterocycles. The van der Waals surface area contributed by atoms with Crippen molar-refractivity contribution in [3.8, 4) is 0 Å². The van der Waals surface area contributed by atoms with Gasteiger partial charge in [-0.2, -0.15) is 0 Å². The molecule has 4 atom stereocenters. The quantitative estimate of drug-likeness (QED) is 0.880. The summed E-state index contributed by atoms with van der Waals surface area (Å²) in [7, 11) is 0. The fourth-order valence-electron chi connectivity index (χ4n) is 4.48. The molecular weight excluding hydrogens is 309 g/mol. The Balaban J connectivity index is 1.47. The number of carbonyl (C=O) groups excluding carboxylic acids is 1. The number of carbonyl (C=O) groups is 1. The minimum Gasteiger partial charge on any atom is -0.326 e. The molecule has 2 bridgehead atoms. The number of hydrogen-bond donors (Lipinski definition) is 1. The summed E-state index contributed by atoms with van der Waals surface area (Å²) < 4.78 is 13.5. The van der Waals surface area contributed by atoms with E-state index in [9.17, 15) is 9.18 Å². The second-order valence-electron chi connectivity index (χ2n) is 6.13. The highest BCUT2D eigenvalue weighted by molar-refractivity contribution is 9.10. The summed E-state index contributed by atoms with van der Waals surface area (Å²) in [6.07, 6.45) is 3.98. The molecule has 2 nitrogen and oxygen atoms in total. The molecule has 1 N–H and O–H groups in total. The normalized spacial score (nSPS) is 38.1. The van der Waals surface area contributed by atoms with Crippen LogP contribution >= 0.6 is 15.9 Å². The van der Waals surface area contributed by atoms with Crippen LogP contribution in [-0.2, 0) is 4.79 Å². The van der Waals surface area contributed by atoms with Crippen LogP contribution in [0.4, 0.5) is 10.1 Å². The van der Waals surface area contributed by atoms with E-state index in [1.54, 1.807) is 12.1 Å². The van der Waals surface area contributed by atoms with E-state index in [0.29, 0.717) is 22.0 Å². The predicted octanol–water partition coefficient (Wildman–Crippen LogP) is 3.82. The summed E-state index contributed by atoms with van der Waals surface area (Å²) in [4.78, 5) is 12.3. The van der Waals surface area contributed by atoms with Crippen LogP contribution in [0.5, 0.6) is 0 Å². The van der Waals surface area contributed by atoms with Gasteiger partial charge in [0.25, 0.3) is 0 Å². The number of anilines is 1. The van der Waals surface area contributed by atoms with Gasteiger partial charge in [-0.25, -0.2) is 4.39 Å². The van der Waals surface area contributed by atoms with Crippen LogP contribution in [0.15, 0.2) is 22.7 Å². The molecule has 100 valence electrons. The highest BCUT2D eigenvalue weighted by atomic mass is 79.9. The van der Waals surface area contributed by atoms with Crippen LogP contribution in [0.2, 0.25) is 0 Å². The topological polar surface area (TPSA) is 29.1 Å². The molecule has 3 aliphatic carbocycles. The van der Waals surface area contributed by atoms with Gasteiger partial charge in [0.15, 0.2) is 0 Å². The average molecular weight is 324 g/mol. The van der Waals surface area contributed by atoms with Gasteiger partial charge in [0.05, 0.1) is 4.47 Å². The van der Waals surface area contributed by atoms with E-state index >= 15 is 0 Å². The Kier molecular flexibility index (Phi) is 2.53. The number of benzene rings is 1. The molecule has 19 heavy (non-hydrogen) atoms. The third kappa shape index (κ3) is 1.76. The van der Waals surface area contributed by atoms with Crippen molar-refractivity contribution in [1.82, 2.24) is 0 Å². The Morgan fingerprint density at radius 3 is 2.58 bits per heavy atom. The van der Waals surface area contributed by atoms with E-state index < -0.39 is 0 Å². The van der Waals surface area contributed by atoms with Crippen LogP contribution in [0.3, 0.4) is 0 Å². The molecule has 0 radical (unpaired) electrons. The molecule has 0 heterocycles. The number of rotatable bonds is 2. The highest BCUT2D eigenvalue weighted by Crippen LogP contribution is 2.69. The molecule has 0 saturated heterocycles. The SMILES string of the molecule is O=C(Nc1ccc(F)c(Br)c1)C1C2C3CCC(C3)C12. The Labute approximate surface area is 119 Å². The maximum Gasteiger partial charge on any atom is 0.228 e. The van der Waals surface area contributed by atoms with Crippen LogP contribution < -0.4 is 5.32 Å². The Morgan fingerprint density at radius 1 is 1.26 bits per heavy atom. The molecule has 3 aliphatic rings. The molecule has 1 amide bonds. The van der Waals surface area contributed by atoms with Crippen molar-refractivity contribution < 1.29 is 9.18 Å². The standard InChI is InChI=1S/C15H15BrFNO/c16-10-6-9(3-4-11(10)17)18-15(19)14-12-7-1-2-8(5-7)13(12)14/h3-4,6-8,12-14H,1-2,5H2,(H,18,19). The second kappa shape index (κ2) is 4.05. The zero-order valence-corrected chi connectivity index (χ0v) is 12.0. The lowest BCUT2D eigenvalue weighted by Crippen LogP contribution is -2.18. The van der Waals surface area contributed by atoms with Gasteiger partial charge in [0.2, 0.25) is 5.91 Å². The first-order valence-corrected chi connectivity index (χ1v) is 7.70. The van der Waals surface area contributed by atoms with Gasteiger partial charge in [-0.05, 0) is 77.1 Å². The summed E-state index contributed by atoms with van der Waals surface area (Å²) >= 11 is 3.14. The van der Waals surface area contributed by atoms with Crippen molar-refractivity contribution in [2.45, 2.75) is 19.3 Å². The van der Waals surface area contributed by atoms with E-state index in [2.05, 4.69) is 21.2 Å². The van der Waals surface area contributed by atoms with Crippen molar-refractivity contribution >= 4 is 27.5 Å². The van der Waals surface area contributed by atoms with E-state index in [-0.39, 0.29) is 17.6 Å². The Morgan fingerprint density at radius 2 is 1.95 bits per heavy atom. The van der Waals surface area contributed by atoms with E-state index in [0.717, 1.165) is 11.8 Å². The lowest BCUT2D eigenvalue weighted by molar-refractivity contribution is -0.118. The summed E-state index contributed by atoms with van der Waals surface area (Å²) in [6, 6.07) is 4.61. The maximum absolute atomic E-state index is 13.1. The molecule has 3 saturated carbocycles. The average Bonchev–Trinajstić information content (AvgIpc) is 2.83. The lowest BCUT2D eigenvalue weighted by atomic mass is 10.0. The maximum atomic E-state index is 13.1. The zero-order valence-electron chi connectivity index (χ0n) is 10.4. The molecular formula is C15H15BrFNO. The minimum absolute atomic E-state index is 0.130. The minimum atomic E-state index is -0.306. The fraction of sp³-hybridized carbons (Fsp3) is 0.533. The molecule has 3 fully saturated rings. The predicted molar refractivity (Wildman–Crippen MR) is 74.0 cm³/mol. The zero-order chi connectivity index (χ0) is 13.1. The van der Waals surface area contributed by atoms with Crippen molar-refractivity contribution in [2.75, 3.05) is 5.32 Å². The van der Waals surface area contributed by atoms with Gasteiger partial charge in [-0.3, -0.25) is 4.79 Å². The van der Waals surface area contributed by atoms with Crippen molar-refractivity contribution in [3.63, 3.8) is 0 Å². The molecule has 1 aromatic rings. The molecule has 4 rings (SSSR count). The Hall–Kier alpha value is -0.900. The van der Waals surface area contributed by atoms with Crippen molar-refractivity contribution in [3.05, 3.63) is 28.5 Å². The summed E-state index contributed by atoms with van der Waals surface area (Å²) in [5, 5.41) is 2.93. The van der Waals surface area contributed by atoms with Crippen LogP contribution in [0, 0.1) is 35.4 Å². The first-order valence-electron chi connectivity index (χ1n) is 6.91. The van der Waals surface area contributed by atoms with E-state index in [1.165, 1.54) is 25.3 Å². The number of fused-ring (bicyclic) bond motifs is 5.